The lowest BCUT2D eigenvalue weighted by atomic mass is 9.99. The summed E-state index contributed by atoms with van der Waals surface area (Å²) < 4.78 is 25.6. The van der Waals surface area contributed by atoms with Crippen molar-refractivity contribution in [2.45, 2.75) is 50.7 Å². The Morgan fingerprint density at radius 3 is 2.33 bits per heavy atom. The van der Waals surface area contributed by atoms with E-state index in [1.165, 1.54) is 19.1 Å². The summed E-state index contributed by atoms with van der Waals surface area (Å²) in [6, 6.07) is 5.43. The number of benzene rings is 1. The summed E-state index contributed by atoms with van der Waals surface area (Å²) in [6.07, 6.45) is 5.00. The molecule has 3 rings (SSSR count). The average Bonchev–Trinajstić information content (AvgIpc) is 2.85. The van der Waals surface area contributed by atoms with Crippen LogP contribution in [0.2, 0.25) is 0 Å². The maximum atomic E-state index is 12.8. The molecule has 1 aromatic rings. The van der Waals surface area contributed by atoms with E-state index in [9.17, 15) is 18.0 Å². The number of fused-ring (bicyclic) bond motifs is 2. The predicted octanol–water partition coefficient (Wildman–Crippen LogP) is 1.45. The fourth-order valence-corrected chi connectivity index (χ4v) is 4.32. The Labute approximate surface area is 165 Å². The quantitative estimate of drug-likeness (QED) is 0.579. The number of rotatable bonds is 5. The minimum Gasteiger partial charge on any atom is -0.349 e. The van der Waals surface area contributed by atoms with Crippen LogP contribution in [0.3, 0.4) is 0 Å². The molecule has 2 atom stereocenters. The second-order valence-corrected chi connectivity index (χ2v) is 8.84. The first-order valence-corrected chi connectivity index (χ1v) is 10.5. The highest BCUT2D eigenvalue weighted by molar-refractivity contribution is 7.92. The van der Waals surface area contributed by atoms with E-state index in [1.807, 2.05) is 0 Å². The van der Waals surface area contributed by atoms with Crippen molar-refractivity contribution in [3.63, 3.8) is 0 Å². The van der Waals surface area contributed by atoms with Crippen molar-refractivity contribution in [3.05, 3.63) is 23.8 Å². The van der Waals surface area contributed by atoms with Gasteiger partial charge in [0.15, 0.2) is 0 Å². The predicted molar refractivity (Wildman–Crippen MR) is 107 cm³/mol. The van der Waals surface area contributed by atoms with Gasteiger partial charge in [0.2, 0.25) is 15.9 Å². The molecule has 27 heavy (non-hydrogen) atoms. The van der Waals surface area contributed by atoms with E-state index >= 15 is 0 Å². The summed E-state index contributed by atoms with van der Waals surface area (Å²) in [7, 11) is -3.54. The fraction of sp³-hybridized carbons (Fsp3) is 0.529. The monoisotopic (exact) mass is 416 g/mol. The van der Waals surface area contributed by atoms with E-state index in [4.69, 9.17) is 0 Å². The first kappa shape index (κ1) is 21.5. The van der Waals surface area contributed by atoms with Gasteiger partial charge >= 0.3 is 0 Å². The Kier molecular flexibility index (Phi) is 6.72. The Morgan fingerprint density at radius 2 is 1.78 bits per heavy atom. The van der Waals surface area contributed by atoms with Gasteiger partial charge in [0.05, 0.1) is 17.5 Å². The van der Waals surface area contributed by atoms with Gasteiger partial charge in [-0.1, -0.05) is 0 Å². The largest absolute Gasteiger partial charge is 0.349 e. The zero-order chi connectivity index (χ0) is 18.9. The molecule has 2 saturated heterocycles. The molecule has 8 nitrogen and oxygen atoms in total. The molecule has 2 amide bonds. The highest BCUT2D eigenvalue weighted by Crippen LogP contribution is 2.28. The number of hydrogen-bond donors (Lipinski definition) is 4. The third-order valence-electron chi connectivity index (χ3n) is 4.69. The molecule has 0 aliphatic carbocycles. The van der Waals surface area contributed by atoms with E-state index in [1.54, 1.807) is 6.07 Å². The minimum atomic E-state index is -3.54. The number of amides is 2. The summed E-state index contributed by atoms with van der Waals surface area (Å²) in [4.78, 5) is 24.1. The zero-order valence-corrected chi connectivity index (χ0v) is 16.9. The second-order valence-electron chi connectivity index (χ2n) is 7.10. The molecule has 0 radical (unpaired) electrons. The molecule has 10 heteroatoms. The van der Waals surface area contributed by atoms with Crippen molar-refractivity contribution in [2.75, 3.05) is 16.3 Å². The van der Waals surface area contributed by atoms with Crippen LogP contribution in [-0.4, -0.2) is 44.6 Å². The number of hydrogen-bond acceptors (Lipinski definition) is 5. The molecule has 2 bridgehead atoms. The lowest BCUT2D eigenvalue weighted by molar-refractivity contribution is -0.114. The molecule has 2 unspecified atom stereocenters. The molecule has 4 N–H and O–H groups in total. The van der Waals surface area contributed by atoms with Gasteiger partial charge in [0.25, 0.3) is 5.91 Å². The number of carbonyl (C=O) groups excluding carboxylic acids is 2. The average molecular weight is 417 g/mol. The van der Waals surface area contributed by atoms with Gasteiger partial charge in [-0.05, 0) is 43.9 Å². The number of anilines is 2. The normalized spacial score (nSPS) is 23.9. The first-order valence-electron chi connectivity index (χ1n) is 8.66. The maximum absolute atomic E-state index is 12.8. The molecular formula is C17H25ClN4O4S. The fourth-order valence-electron chi connectivity index (χ4n) is 3.74. The van der Waals surface area contributed by atoms with Crippen molar-refractivity contribution in [1.29, 1.82) is 0 Å². The molecule has 1 aromatic carbocycles. The third-order valence-corrected chi connectivity index (χ3v) is 5.28. The minimum absolute atomic E-state index is 0. The number of carbonyl (C=O) groups is 2. The van der Waals surface area contributed by atoms with Crippen molar-refractivity contribution in [3.8, 4) is 0 Å². The van der Waals surface area contributed by atoms with Gasteiger partial charge in [-0.15, -0.1) is 12.4 Å². The van der Waals surface area contributed by atoms with Crippen LogP contribution in [0, 0.1) is 0 Å². The van der Waals surface area contributed by atoms with Gasteiger partial charge in [-0.3, -0.25) is 14.3 Å². The van der Waals surface area contributed by atoms with Crippen LogP contribution >= 0.6 is 12.4 Å². The van der Waals surface area contributed by atoms with Gasteiger partial charge in [0, 0.05) is 30.7 Å². The number of nitrogens with one attached hydrogen (secondary N) is 4. The maximum Gasteiger partial charge on any atom is 0.253 e. The summed E-state index contributed by atoms with van der Waals surface area (Å²) in [5.74, 6) is -0.621. The number of sulfonamides is 1. The zero-order valence-electron chi connectivity index (χ0n) is 15.2. The number of piperidine rings is 1. The van der Waals surface area contributed by atoms with Gasteiger partial charge in [0.1, 0.15) is 0 Å². The van der Waals surface area contributed by atoms with Crippen molar-refractivity contribution in [2.24, 2.45) is 0 Å². The first-order chi connectivity index (χ1) is 12.2. The Hall–Kier alpha value is -1.84. The Morgan fingerprint density at radius 1 is 1.15 bits per heavy atom. The molecule has 2 fully saturated rings. The van der Waals surface area contributed by atoms with E-state index < -0.39 is 10.0 Å². The van der Waals surface area contributed by atoms with Crippen LogP contribution < -0.4 is 20.7 Å². The molecule has 150 valence electrons. The summed E-state index contributed by atoms with van der Waals surface area (Å²) in [5, 5.41) is 9.14. The van der Waals surface area contributed by atoms with E-state index in [0.717, 1.165) is 31.9 Å². The lowest BCUT2D eigenvalue weighted by Crippen LogP contribution is -2.48. The standard InChI is InChI=1S/C17H24N4O4S.ClH/c1-10(22)18-13-5-6-16(21-26(2,24)25)15(9-13)17(23)20-14-7-11-3-4-12(8-14)19-11;/h5-6,9,11-12,14,19,21H,3-4,7-8H2,1-2H3,(H,18,22)(H,20,23);1H. The van der Waals surface area contributed by atoms with Gasteiger partial charge in [-0.25, -0.2) is 8.42 Å². The van der Waals surface area contributed by atoms with E-state index in [2.05, 4.69) is 20.7 Å². The molecular weight excluding hydrogens is 392 g/mol. The summed E-state index contributed by atoms with van der Waals surface area (Å²) in [6.45, 7) is 1.37. The van der Waals surface area contributed by atoms with Crippen LogP contribution in [0.4, 0.5) is 11.4 Å². The van der Waals surface area contributed by atoms with Crippen molar-refractivity contribution < 1.29 is 18.0 Å². The van der Waals surface area contributed by atoms with Gasteiger partial charge < -0.3 is 16.0 Å². The highest BCUT2D eigenvalue weighted by Gasteiger charge is 2.34. The molecule has 0 saturated carbocycles. The van der Waals surface area contributed by atoms with Crippen LogP contribution in [0.25, 0.3) is 0 Å². The molecule has 2 aliphatic rings. The van der Waals surface area contributed by atoms with Crippen LogP contribution in [0.15, 0.2) is 18.2 Å². The lowest BCUT2D eigenvalue weighted by Gasteiger charge is -2.30. The molecule has 2 heterocycles. The van der Waals surface area contributed by atoms with Crippen molar-refractivity contribution in [1.82, 2.24) is 10.6 Å². The smallest absolute Gasteiger partial charge is 0.253 e. The summed E-state index contributed by atoms with van der Waals surface area (Å²) >= 11 is 0. The van der Waals surface area contributed by atoms with E-state index in [0.29, 0.717) is 17.8 Å². The SMILES string of the molecule is CC(=O)Nc1ccc(NS(C)(=O)=O)c(C(=O)NC2CC3CCC(C2)N3)c1.Cl. The molecule has 0 aromatic heterocycles. The Balaban J connectivity index is 0.00000261. The number of halogens is 1. The third kappa shape index (κ3) is 5.82. The molecule has 2 aliphatic heterocycles. The van der Waals surface area contributed by atoms with Crippen LogP contribution in [0.5, 0.6) is 0 Å². The van der Waals surface area contributed by atoms with Crippen LogP contribution in [-0.2, 0) is 14.8 Å². The second kappa shape index (κ2) is 8.45. The van der Waals surface area contributed by atoms with E-state index in [-0.39, 0.29) is 41.5 Å². The Bertz CT molecular complexity index is 818. The van der Waals surface area contributed by atoms with Crippen LogP contribution in [0.1, 0.15) is 43.0 Å². The molecule has 0 spiro atoms. The summed E-state index contributed by atoms with van der Waals surface area (Å²) in [5.41, 5.74) is 0.815. The van der Waals surface area contributed by atoms with Gasteiger partial charge in [-0.2, -0.15) is 0 Å². The van der Waals surface area contributed by atoms with Crippen molar-refractivity contribution >= 4 is 45.6 Å². The highest BCUT2D eigenvalue weighted by atomic mass is 35.5. The topological polar surface area (TPSA) is 116 Å².